The molecule has 1 unspecified atom stereocenters. The highest BCUT2D eigenvalue weighted by Crippen LogP contribution is 2.24. The van der Waals surface area contributed by atoms with E-state index in [0.29, 0.717) is 0 Å². The van der Waals surface area contributed by atoms with Gasteiger partial charge in [0.1, 0.15) is 0 Å². The highest BCUT2D eigenvalue weighted by atomic mass is 79.9. The van der Waals surface area contributed by atoms with Crippen molar-refractivity contribution >= 4 is 27.3 Å². The smallest absolute Gasteiger partial charge is 0.0946 e. The summed E-state index contributed by atoms with van der Waals surface area (Å²) < 4.78 is 1.07. The van der Waals surface area contributed by atoms with Crippen LogP contribution in [0.4, 0.5) is 0 Å². The zero-order valence-electron chi connectivity index (χ0n) is 8.98. The minimum Gasteiger partial charge on any atom is -0.321 e. The molecule has 0 spiro atoms. The Morgan fingerprint density at radius 2 is 2.06 bits per heavy atom. The number of aromatic nitrogens is 1. The van der Waals surface area contributed by atoms with Crippen LogP contribution in [0.15, 0.2) is 40.3 Å². The van der Waals surface area contributed by atoms with Crippen LogP contribution < -0.4 is 5.73 Å². The molecule has 0 aliphatic carbocycles. The van der Waals surface area contributed by atoms with E-state index in [1.165, 1.54) is 0 Å². The van der Waals surface area contributed by atoms with Crippen molar-refractivity contribution in [1.82, 2.24) is 4.98 Å². The van der Waals surface area contributed by atoms with Crippen LogP contribution in [0.1, 0.15) is 17.5 Å². The second kappa shape index (κ2) is 4.65. The summed E-state index contributed by atoms with van der Waals surface area (Å²) in [4.78, 5) is 4.27. The second-order valence-electron chi connectivity index (χ2n) is 4.03. The summed E-state index contributed by atoms with van der Waals surface area (Å²) in [5.74, 6) is 0. The third kappa shape index (κ3) is 2.70. The zero-order chi connectivity index (χ0) is 11.6. The first-order chi connectivity index (χ1) is 7.58. The molecule has 16 heavy (non-hydrogen) atoms. The molecule has 0 fully saturated rings. The molecule has 2 rings (SSSR count). The van der Waals surface area contributed by atoms with E-state index in [9.17, 15) is 0 Å². The van der Waals surface area contributed by atoms with Crippen molar-refractivity contribution in [3.8, 4) is 0 Å². The molecule has 0 aliphatic heterocycles. The number of rotatable bonds is 3. The lowest BCUT2D eigenvalue weighted by Crippen LogP contribution is -2.35. The Bertz CT molecular complexity index is 448. The lowest BCUT2D eigenvalue weighted by molar-refractivity contribution is 0.490. The van der Waals surface area contributed by atoms with E-state index in [1.54, 1.807) is 11.3 Å². The molecule has 2 aromatic rings. The minimum atomic E-state index is -0.363. The summed E-state index contributed by atoms with van der Waals surface area (Å²) in [6.45, 7) is 2.04. The molecule has 2 nitrogen and oxygen atoms in total. The van der Waals surface area contributed by atoms with Gasteiger partial charge in [-0.1, -0.05) is 28.1 Å². The van der Waals surface area contributed by atoms with Gasteiger partial charge in [0.05, 0.1) is 5.01 Å². The van der Waals surface area contributed by atoms with Gasteiger partial charge in [0, 0.05) is 28.0 Å². The Labute approximate surface area is 108 Å². The largest absolute Gasteiger partial charge is 0.321 e. The van der Waals surface area contributed by atoms with Gasteiger partial charge in [-0.05, 0) is 24.6 Å². The molecule has 0 radical (unpaired) electrons. The highest BCUT2D eigenvalue weighted by molar-refractivity contribution is 9.10. The van der Waals surface area contributed by atoms with Crippen LogP contribution >= 0.6 is 27.3 Å². The van der Waals surface area contributed by atoms with Gasteiger partial charge >= 0.3 is 0 Å². The maximum absolute atomic E-state index is 6.33. The maximum Gasteiger partial charge on any atom is 0.0946 e. The van der Waals surface area contributed by atoms with Gasteiger partial charge in [-0.15, -0.1) is 11.3 Å². The predicted octanol–water partition coefficient (Wildman–Crippen LogP) is 3.32. The van der Waals surface area contributed by atoms with Gasteiger partial charge in [-0.25, -0.2) is 4.98 Å². The van der Waals surface area contributed by atoms with Crippen molar-refractivity contribution in [3.63, 3.8) is 0 Å². The van der Waals surface area contributed by atoms with Crippen LogP contribution in [0.5, 0.6) is 0 Å². The lowest BCUT2D eigenvalue weighted by atomic mass is 9.90. The Kier molecular flexibility index (Phi) is 3.42. The van der Waals surface area contributed by atoms with Gasteiger partial charge in [-0.3, -0.25) is 0 Å². The Morgan fingerprint density at radius 1 is 1.38 bits per heavy atom. The van der Waals surface area contributed by atoms with Gasteiger partial charge < -0.3 is 5.73 Å². The number of nitrogens with zero attached hydrogens (tertiary/aromatic N) is 1. The van der Waals surface area contributed by atoms with E-state index >= 15 is 0 Å². The number of nitrogens with two attached hydrogens (primary N) is 1. The standard InChI is InChI=1S/C12H13BrN2S/c1-12(14,8-11-15-6-7-16-11)9-2-4-10(13)5-3-9/h2-7H,8,14H2,1H3. The van der Waals surface area contributed by atoms with Crippen LogP contribution in [-0.4, -0.2) is 4.98 Å². The first-order valence-corrected chi connectivity index (χ1v) is 6.68. The molecular weight excluding hydrogens is 284 g/mol. The van der Waals surface area contributed by atoms with Crippen LogP contribution in [0.3, 0.4) is 0 Å². The van der Waals surface area contributed by atoms with Crippen molar-refractivity contribution in [1.29, 1.82) is 0 Å². The summed E-state index contributed by atoms with van der Waals surface area (Å²) >= 11 is 5.07. The quantitative estimate of drug-likeness (QED) is 0.944. The first-order valence-electron chi connectivity index (χ1n) is 5.01. The van der Waals surface area contributed by atoms with E-state index in [4.69, 9.17) is 5.73 Å². The number of hydrogen-bond donors (Lipinski definition) is 1. The first kappa shape index (κ1) is 11.8. The summed E-state index contributed by atoms with van der Waals surface area (Å²) in [5, 5.41) is 3.06. The molecule has 1 aromatic carbocycles. The van der Waals surface area contributed by atoms with Crippen LogP contribution in [0.25, 0.3) is 0 Å². The van der Waals surface area contributed by atoms with E-state index in [1.807, 2.05) is 30.6 Å². The predicted molar refractivity (Wildman–Crippen MR) is 71.5 cm³/mol. The molecule has 1 heterocycles. The van der Waals surface area contributed by atoms with Crippen LogP contribution in [0.2, 0.25) is 0 Å². The van der Waals surface area contributed by atoms with E-state index in [2.05, 4.69) is 33.0 Å². The van der Waals surface area contributed by atoms with E-state index < -0.39 is 0 Å². The average Bonchev–Trinajstić information content (AvgIpc) is 2.70. The molecule has 0 aliphatic rings. The van der Waals surface area contributed by atoms with Gasteiger partial charge in [0.2, 0.25) is 0 Å². The van der Waals surface area contributed by atoms with Gasteiger partial charge in [0.15, 0.2) is 0 Å². The molecule has 4 heteroatoms. The molecule has 84 valence electrons. The lowest BCUT2D eigenvalue weighted by Gasteiger charge is -2.24. The molecule has 1 atom stereocenters. The topological polar surface area (TPSA) is 38.9 Å². The third-order valence-electron chi connectivity index (χ3n) is 2.51. The van der Waals surface area contributed by atoms with Crippen molar-refractivity contribution in [2.45, 2.75) is 18.9 Å². The Morgan fingerprint density at radius 3 is 2.62 bits per heavy atom. The molecule has 1 aromatic heterocycles. The summed E-state index contributed by atoms with van der Waals surface area (Å²) in [5.41, 5.74) is 7.10. The van der Waals surface area contributed by atoms with Crippen molar-refractivity contribution < 1.29 is 0 Å². The van der Waals surface area contributed by atoms with Crippen molar-refractivity contribution in [2.75, 3.05) is 0 Å². The second-order valence-corrected chi connectivity index (χ2v) is 5.92. The van der Waals surface area contributed by atoms with Crippen molar-refractivity contribution in [3.05, 3.63) is 50.9 Å². The highest BCUT2D eigenvalue weighted by Gasteiger charge is 2.22. The zero-order valence-corrected chi connectivity index (χ0v) is 11.4. The monoisotopic (exact) mass is 296 g/mol. The average molecular weight is 297 g/mol. The van der Waals surface area contributed by atoms with Crippen molar-refractivity contribution in [2.24, 2.45) is 5.73 Å². The summed E-state index contributed by atoms with van der Waals surface area (Å²) in [7, 11) is 0. The maximum atomic E-state index is 6.33. The molecule has 0 amide bonds. The normalized spacial score (nSPS) is 14.7. The molecule has 0 saturated heterocycles. The van der Waals surface area contributed by atoms with E-state index in [-0.39, 0.29) is 5.54 Å². The SMILES string of the molecule is CC(N)(Cc1nccs1)c1ccc(Br)cc1. The third-order valence-corrected chi connectivity index (χ3v) is 3.81. The number of benzene rings is 1. The molecule has 2 N–H and O–H groups in total. The van der Waals surface area contributed by atoms with Crippen LogP contribution in [0, 0.1) is 0 Å². The minimum absolute atomic E-state index is 0.363. The number of halogens is 1. The fourth-order valence-electron chi connectivity index (χ4n) is 1.59. The van der Waals surface area contributed by atoms with E-state index in [0.717, 1.165) is 21.5 Å². The van der Waals surface area contributed by atoms with Gasteiger partial charge in [0.25, 0.3) is 0 Å². The Balaban J connectivity index is 2.21. The fourth-order valence-corrected chi connectivity index (χ4v) is 2.64. The van der Waals surface area contributed by atoms with Crippen LogP contribution in [-0.2, 0) is 12.0 Å². The van der Waals surface area contributed by atoms with Gasteiger partial charge in [-0.2, -0.15) is 0 Å². The Hall–Kier alpha value is -0.710. The molecule has 0 saturated carbocycles. The summed E-state index contributed by atoms with van der Waals surface area (Å²) in [6.07, 6.45) is 2.59. The number of hydrogen-bond acceptors (Lipinski definition) is 3. The summed E-state index contributed by atoms with van der Waals surface area (Å²) in [6, 6.07) is 8.14. The fraction of sp³-hybridized carbons (Fsp3) is 0.250. The number of thiazole rings is 1. The molecular formula is C12H13BrN2S. The molecule has 0 bridgehead atoms.